The minimum Gasteiger partial charge on any atom is -0.385 e. The Kier molecular flexibility index (Phi) is 5.41. The lowest BCUT2D eigenvalue weighted by Crippen LogP contribution is -2.43. The molecule has 1 fully saturated rings. The van der Waals surface area contributed by atoms with E-state index in [9.17, 15) is 9.59 Å². The minimum absolute atomic E-state index is 0.122. The highest BCUT2D eigenvalue weighted by Crippen LogP contribution is 2.46. The van der Waals surface area contributed by atoms with Gasteiger partial charge in [0, 0.05) is 26.8 Å². The summed E-state index contributed by atoms with van der Waals surface area (Å²) in [5, 5.41) is 5.59. The molecular weight excluding hydrogens is 220 g/mol. The summed E-state index contributed by atoms with van der Waals surface area (Å²) in [6.45, 7) is 3.81. The number of amides is 2. The largest absolute Gasteiger partial charge is 0.385 e. The van der Waals surface area contributed by atoms with E-state index in [1.807, 2.05) is 6.92 Å². The van der Waals surface area contributed by atoms with E-state index >= 15 is 0 Å². The smallest absolute Gasteiger partial charge is 0.235 e. The first kappa shape index (κ1) is 14.0. The minimum atomic E-state index is -0.776. The average molecular weight is 242 g/mol. The first-order chi connectivity index (χ1) is 8.17. The highest BCUT2D eigenvalue weighted by molar-refractivity contribution is 6.07. The topological polar surface area (TPSA) is 67.4 Å². The third-order valence-electron chi connectivity index (χ3n) is 2.97. The van der Waals surface area contributed by atoms with Crippen LogP contribution in [0.5, 0.6) is 0 Å². The molecular formula is C12H22N2O3. The molecule has 17 heavy (non-hydrogen) atoms. The Balaban J connectivity index is 2.31. The number of nitrogens with one attached hydrogen (secondary N) is 2. The molecule has 1 aliphatic rings. The van der Waals surface area contributed by atoms with Gasteiger partial charge in [0.25, 0.3) is 0 Å². The van der Waals surface area contributed by atoms with Crippen molar-refractivity contribution in [3.63, 3.8) is 0 Å². The highest BCUT2D eigenvalue weighted by Gasteiger charge is 2.56. The molecule has 0 radical (unpaired) electrons. The summed E-state index contributed by atoms with van der Waals surface area (Å²) in [5.41, 5.74) is -0.776. The van der Waals surface area contributed by atoms with E-state index in [1.54, 1.807) is 7.11 Å². The van der Waals surface area contributed by atoms with Gasteiger partial charge < -0.3 is 15.4 Å². The van der Waals surface area contributed by atoms with Gasteiger partial charge in [0.15, 0.2) is 0 Å². The normalized spacial score (nSPS) is 16.4. The molecule has 1 saturated carbocycles. The Morgan fingerprint density at radius 1 is 1.18 bits per heavy atom. The van der Waals surface area contributed by atoms with E-state index < -0.39 is 5.41 Å². The molecule has 0 bridgehead atoms. The van der Waals surface area contributed by atoms with Crippen molar-refractivity contribution in [2.75, 3.05) is 26.8 Å². The standard InChI is InChI=1S/C12H22N2O3/c1-3-7-13-10(15)12(5-6-12)11(16)14-8-4-9-17-2/h3-9H2,1-2H3,(H,13,15)(H,14,16). The predicted molar refractivity (Wildman–Crippen MR) is 64.5 cm³/mol. The van der Waals surface area contributed by atoms with Crippen LogP contribution in [0.2, 0.25) is 0 Å². The second-order valence-corrected chi connectivity index (χ2v) is 4.44. The highest BCUT2D eigenvalue weighted by atomic mass is 16.5. The third kappa shape index (κ3) is 3.70. The molecule has 5 heteroatoms. The molecule has 0 atom stereocenters. The quantitative estimate of drug-likeness (QED) is 0.479. The summed E-state index contributed by atoms with van der Waals surface area (Å²) in [6, 6.07) is 0. The first-order valence-electron chi connectivity index (χ1n) is 6.23. The molecule has 0 aromatic rings. The molecule has 0 aromatic carbocycles. The number of carbonyl (C=O) groups is 2. The van der Waals surface area contributed by atoms with Crippen molar-refractivity contribution in [1.29, 1.82) is 0 Å². The molecule has 98 valence electrons. The van der Waals surface area contributed by atoms with Crippen molar-refractivity contribution < 1.29 is 14.3 Å². The fraction of sp³-hybridized carbons (Fsp3) is 0.833. The van der Waals surface area contributed by atoms with Gasteiger partial charge in [-0.3, -0.25) is 9.59 Å². The number of rotatable bonds is 8. The van der Waals surface area contributed by atoms with Gasteiger partial charge in [-0.15, -0.1) is 0 Å². The zero-order chi connectivity index (χ0) is 12.7. The van der Waals surface area contributed by atoms with Crippen LogP contribution in [0.3, 0.4) is 0 Å². The van der Waals surface area contributed by atoms with Gasteiger partial charge in [-0.2, -0.15) is 0 Å². The fourth-order valence-electron chi connectivity index (χ4n) is 1.68. The van der Waals surface area contributed by atoms with Crippen LogP contribution in [0.1, 0.15) is 32.6 Å². The van der Waals surface area contributed by atoms with Crippen molar-refractivity contribution in [3.8, 4) is 0 Å². The predicted octanol–water partition coefficient (Wildman–Crippen LogP) is 0.445. The first-order valence-corrected chi connectivity index (χ1v) is 6.23. The number of methoxy groups -OCH3 is 1. The van der Waals surface area contributed by atoms with Gasteiger partial charge in [0.2, 0.25) is 11.8 Å². The number of carbonyl (C=O) groups excluding carboxylic acids is 2. The van der Waals surface area contributed by atoms with Crippen LogP contribution in [0.15, 0.2) is 0 Å². The summed E-state index contributed by atoms with van der Waals surface area (Å²) in [7, 11) is 1.63. The molecule has 1 rings (SSSR count). The summed E-state index contributed by atoms with van der Waals surface area (Å²) in [6.07, 6.45) is 2.99. The van der Waals surface area contributed by atoms with Crippen LogP contribution in [0.25, 0.3) is 0 Å². The van der Waals surface area contributed by atoms with Gasteiger partial charge in [-0.1, -0.05) is 6.92 Å². The summed E-state index contributed by atoms with van der Waals surface area (Å²) in [5.74, 6) is -0.259. The van der Waals surface area contributed by atoms with Crippen LogP contribution in [0, 0.1) is 5.41 Å². The Morgan fingerprint density at radius 3 is 2.24 bits per heavy atom. The summed E-state index contributed by atoms with van der Waals surface area (Å²) < 4.78 is 4.89. The van der Waals surface area contributed by atoms with E-state index in [-0.39, 0.29) is 11.8 Å². The molecule has 2 amide bonds. The maximum Gasteiger partial charge on any atom is 0.235 e. The molecule has 0 unspecified atom stereocenters. The van der Waals surface area contributed by atoms with Crippen LogP contribution in [-0.4, -0.2) is 38.6 Å². The van der Waals surface area contributed by atoms with Gasteiger partial charge in [-0.25, -0.2) is 0 Å². The monoisotopic (exact) mass is 242 g/mol. The molecule has 0 aliphatic heterocycles. The van der Waals surface area contributed by atoms with Crippen LogP contribution in [-0.2, 0) is 14.3 Å². The fourth-order valence-corrected chi connectivity index (χ4v) is 1.68. The van der Waals surface area contributed by atoms with E-state index in [2.05, 4.69) is 10.6 Å². The van der Waals surface area contributed by atoms with Crippen molar-refractivity contribution in [2.45, 2.75) is 32.6 Å². The van der Waals surface area contributed by atoms with Crippen molar-refractivity contribution in [3.05, 3.63) is 0 Å². The van der Waals surface area contributed by atoms with E-state index in [1.165, 1.54) is 0 Å². The number of hydrogen-bond donors (Lipinski definition) is 2. The maximum atomic E-state index is 11.9. The van der Waals surface area contributed by atoms with Gasteiger partial charge >= 0.3 is 0 Å². The second kappa shape index (κ2) is 6.59. The number of hydrogen-bond acceptors (Lipinski definition) is 3. The molecule has 0 saturated heterocycles. The van der Waals surface area contributed by atoms with Gasteiger partial charge in [0.1, 0.15) is 5.41 Å². The van der Waals surface area contributed by atoms with Gasteiger partial charge in [0.05, 0.1) is 0 Å². The third-order valence-corrected chi connectivity index (χ3v) is 2.97. The lowest BCUT2D eigenvalue weighted by molar-refractivity contribution is -0.137. The Labute approximate surface area is 102 Å². The van der Waals surface area contributed by atoms with E-state index in [0.29, 0.717) is 32.5 Å². The Bertz CT molecular complexity index is 275. The maximum absolute atomic E-state index is 11.9. The van der Waals surface area contributed by atoms with Gasteiger partial charge in [-0.05, 0) is 25.7 Å². The van der Waals surface area contributed by atoms with Crippen molar-refractivity contribution >= 4 is 11.8 Å². The molecule has 1 aliphatic carbocycles. The number of ether oxygens (including phenoxy) is 1. The van der Waals surface area contributed by atoms with Crippen molar-refractivity contribution in [1.82, 2.24) is 10.6 Å². The lowest BCUT2D eigenvalue weighted by atomic mass is 10.1. The lowest BCUT2D eigenvalue weighted by Gasteiger charge is -2.14. The van der Waals surface area contributed by atoms with Crippen molar-refractivity contribution in [2.24, 2.45) is 5.41 Å². The average Bonchev–Trinajstić information content (AvgIpc) is 3.12. The zero-order valence-electron chi connectivity index (χ0n) is 10.7. The Morgan fingerprint density at radius 2 is 1.76 bits per heavy atom. The molecule has 5 nitrogen and oxygen atoms in total. The second-order valence-electron chi connectivity index (χ2n) is 4.44. The van der Waals surface area contributed by atoms with E-state index in [0.717, 1.165) is 12.8 Å². The summed E-state index contributed by atoms with van der Waals surface area (Å²) in [4.78, 5) is 23.7. The van der Waals surface area contributed by atoms with Crippen LogP contribution >= 0.6 is 0 Å². The van der Waals surface area contributed by atoms with Crippen LogP contribution in [0.4, 0.5) is 0 Å². The SMILES string of the molecule is CCCNC(=O)C1(C(=O)NCCCOC)CC1. The van der Waals surface area contributed by atoms with E-state index in [4.69, 9.17) is 4.74 Å². The molecule has 2 N–H and O–H groups in total. The molecule has 0 heterocycles. The summed E-state index contributed by atoms with van der Waals surface area (Å²) >= 11 is 0. The molecule has 0 spiro atoms. The van der Waals surface area contributed by atoms with Crippen LogP contribution < -0.4 is 10.6 Å². The molecule has 0 aromatic heterocycles. The Hall–Kier alpha value is -1.10. The zero-order valence-corrected chi connectivity index (χ0v) is 10.7.